The Hall–Kier alpha value is -0.630. The van der Waals surface area contributed by atoms with Crippen LogP contribution in [0.1, 0.15) is 20.3 Å². The molecule has 0 radical (unpaired) electrons. The summed E-state index contributed by atoms with van der Waals surface area (Å²) in [5.74, 6) is 0.579. The molecular weight excluding hydrogens is 344 g/mol. The molecule has 0 saturated heterocycles. The summed E-state index contributed by atoms with van der Waals surface area (Å²) in [6.45, 7) is 5.46. The number of hydrogen-bond donors (Lipinski definition) is 2. The number of anilines is 1. The SMILES string of the molecule is CC(C)CCOCCNS(=O)(=O)c1cc(N)ccc1Br. The Morgan fingerprint density at radius 3 is 2.70 bits per heavy atom. The van der Waals surface area contributed by atoms with Crippen molar-refractivity contribution >= 4 is 31.6 Å². The summed E-state index contributed by atoms with van der Waals surface area (Å²) in [4.78, 5) is 0.139. The lowest BCUT2D eigenvalue weighted by atomic mass is 10.1. The summed E-state index contributed by atoms with van der Waals surface area (Å²) in [6, 6.07) is 4.67. The van der Waals surface area contributed by atoms with Crippen LogP contribution in [0.25, 0.3) is 0 Å². The third-order valence-corrected chi connectivity index (χ3v) is 5.08. The number of ether oxygens (including phenoxy) is 1. The van der Waals surface area contributed by atoms with Crippen LogP contribution in [0.2, 0.25) is 0 Å². The number of benzene rings is 1. The van der Waals surface area contributed by atoms with Crippen molar-refractivity contribution in [2.24, 2.45) is 5.92 Å². The third-order valence-electron chi connectivity index (χ3n) is 2.62. The molecule has 114 valence electrons. The molecule has 0 aliphatic heterocycles. The predicted molar refractivity (Wildman–Crippen MR) is 84.0 cm³/mol. The lowest BCUT2D eigenvalue weighted by molar-refractivity contribution is 0.128. The van der Waals surface area contributed by atoms with Gasteiger partial charge >= 0.3 is 0 Å². The highest BCUT2D eigenvalue weighted by molar-refractivity contribution is 9.10. The van der Waals surface area contributed by atoms with E-state index in [1.54, 1.807) is 12.1 Å². The Labute approximate surface area is 129 Å². The molecule has 7 heteroatoms. The summed E-state index contributed by atoms with van der Waals surface area (Å²) in [7, 11) is -3.57. The van der Waals surface area contributed by atoms with Gasteiger partial charge in [-0.2, -0.15) is 0 Å². The van der Waals surface area contributed by atoms with Crippen molar-refractivity contribution in [3.63, 3.8) is 0 Å². The fourth-order valence-corrected chi connectivity index (χ4v) is 3.48. The molecule has 0 aromatic heterocycles. The van der Waals surface area contributed by atoms with Gasteiger partial charge in [0, 0.05) is 23.3 Å². The van der Waals surface area contributed by atoms with E-state index in [4.69, 9.17) is 10.5 Å². The second-order valence-corrected chi connectivity index (χ2v) is 7.47. The van der Waals surface area contributed by atoms with Crippen LogP contribution in [-0.2, 0) is 14.8 Å². The first-order valence-corrected chi connectivity index (χ1v) is 8.73. The fourth-order valence-electron chi connectivity index (χ4n) is 1.47. The van der Waals surface area contributed by atoms with Crippen molar-refractivity contribution in [3.05, 3.63) is 22.7 Å². The van der Waals surface area contributed by atoms with Gasteiger partial charge in [-0.15, -0.1) is 0 Å². The number of halogens is 1. The fraction of sp³-hybridized carbons (Fsp3) is 0.538. The minimum absolute atomic E-state index is 0.139. The van der Waals surface area contributed by atoms with E-state index in [1.807, 2.05) is 0 Å². The molecule has 0 spiro atoms. The highest BCUT2D eigenvalue weighted by Gasteiger charge is 2.17. The van der Waals surface area contributed by atoms with E-state index >= 15 is 0 Å². The van der Waals surface area contributed by atoms with Crippen LogP contribution in [-0.4, -0.2) is 28.2 Å². The topological polar surface area (TPSA) is 81.4 Å². The monoisotopic (exact) mass is 364 g/mol. The normalized spacial score (nSPS) is 12.0. The zero-order valence-corrected chi connectivity index (χ0v) is 14.1. The Morgan fingerprint density at radius 2 is 2.05 bits per heavy atom. The number of sulfonamides is 1. The lowest BCUT2D eigenvalue weighted by Crippen LogP contribution is -2.28. The number of hydrogen-bond acceptors (Lipinski definition) is 4. The van der Waals surface area contributed by atoms with E-state index in [9.17, 15) is 8.42 Å². The number of nitrogens with one attached hydrogen (secondary N) is 1. The molecule has 0 aliphatic rings. The molecule has 20 heavy (non-hydrogen) atoms. The van der Waals surface area contributed by atoms with Crippen molar-refractivity contribution in [3.8, 4) is 0 Å². The molecular formula is C13H21BrN2O3S. The summed E-state index contributed by atoms with van der Waals surface area (Å²) in [5.41, 5.74) is 6.01. The lowest BCUT2D eigenvalue weighted by Gasteiger charge is -2.10. The van der Waals surface area contributed by atoms with Crippen LogP contribution in [0.4, 0.5) is 5.69 Å². The van der Waals surface area contributed by atoms with Gasteiger partial charge in [0.2, 0.25) is 10.0 Å². The molecule has 1 rings (SSSR count). The average Bonchev–Trinajstić information content (AvgIpc) is 2.36. The van der Waals surface area contributed by atoms with Gasteiger partial charge in [0.05, 0.1) is 11.5 Å². The zero-order chi connectivity index (χ0) is 15.2. The van der Waals surface area contributed by atoms with Crippen molar-refractivity contribution in [1.82, 2.24) is 4.72 Å². The molecule has 0 heterocycles. The van der Waals surface area contributed by atoms with Gasteiger partial charge in [-0.05, 0) is 46.5 Å². The van der Waals surface area contributed by atoms with E-state index in [-0.39, 0.29) is 11.4 Å². The summed E-state index contributed by atoms with van der Waals surface area (Å²) in [5, 5.41) is 0. The maximum atomic E-state index is 12.1. The van der Waals surface area contributed by atoms with Gasteiger partial charge in [0.15, 0.2) is 0 Å². The molecule has 0 bridgehead atoms. The highest BCUT2D eigenvalue weighted by atomic mass is 79.9. The van der Waals surface area contributed by atoms with Crippen LogP contribution < -0.4 is 10.5 Å². The molecule has 1 aromatic rings. The van der Waals surface area contributed by atoms with Gasteiger partial charge < -0.3 is 10.5 Å². The van der Waals surface area contributed by atoms with Crippen molar-refractivity contribution in [1.29, 1.82) is 0 Å². The molecule has 0 aliphatic carbocycles. The highest BCUT2D eigenvalue weighted by Crippen LogP contribution is 2.23. The quantitative estimate of drug-likeness (QED) is 0.547. The van der Waals surface area contributed by atoms with Crippen LogP contribution in [0, 0.1) is 5.92 Å². The minimum Gasteiger partial charge on any atom is -0.399 e. The van der Waals surface area contributed by atoms with Crippen molar-refractivity contribution in [2.75, 3.05) is 25.5 Å². The van der Waals surface area contributed by atoms with Crippen molar-refractivity contribution < 1.29 is 13.2 Å². The van der Waals surface area contributed by atoms with E-state index in [0.29, 0.717) is 29.3 Å². The summed E-state index contributed by atoms with van der Waals surface area (Å²) >= 11 is 3.21. The number of nitrogen functional groups attached to an aromatic ring is 1. The smallest absolute Gasteiger partial charge is 0.241 e. The third kappa shape index (κ3) is 5.78. The van der Waals surface area contributed by atoms with E-state index in [1.165, 1.54) is 6.07 Å². The molecule has 0 amide bonds. The maximum Gasteiger partial charge on any atom is 0.241 e. The molecule has 0 saturated carbocycles. The molecule has 1 aromatic carbocycles. The number of rotatable bonds is 8. The van der Waals surface area contributed by atoms with Gasteiger partial charge in [-0.25, -0.2) is 13.1 Å². The largest absolute Gasteiger partial charge is 0.399 e. The van der Waals surface area contributed by atoms with Gasteiger partial charge in [-0.3, -0.25) is 0 Å². The Kier molecular flexibility index (Phi) is 6.94. The first-order chi connectivity index (χ1) is 9.33. The zero-order valence-electron chi connectivity index (χ0n) is 11.7. The molecule has 0 atom stereocenters. The Balaban J connectivity index is 2.48. The maximum absolute atomic E-state index is 12.1. The Bertz CT molecular complexity index is 532. The van der Waals surface area contributed by atoms with Crippen LogP contribution in [0.3, 0.4) is 0 Å². The molecule has 3 N–H and O–H groups in total. The standard InChI is InChI=1S/C13H21BrN2O3S/c1-10(2)5-7-19-8-6-16-20(17,18)13-9-11(15)3-4-12(13)14/h3-4,9-10,16H,5-8,15H2,1-2H3. The van der Waals surface area contributed by atoms with Crippen LogP contribution in [0.5, 0.6) is 0 Å². The van der Waals surface area contributed by atoms with Gasteiger partial charge in [0.25, 0.3) is 0 Å². The second-order valence-electron chi connectivity index (χ2n) is 4.88. The summed E-state index contributed by atoms with van der Waals surface area (Å²) in [6.07, 6.45) is 0.966. The van der Waals surface area contributed by atoms with Crippen LogP contribution >= 0.6 is 15.9 Å². The van der Waals surface area contributed by atoms with E-state index in [2.05, 4.69) is 34.5 Å². The summed E-state index contributed by atoms with van der Waals surface area (Å²) < 4.78 is 32.5. The van der Waals surface area contributed by atoms with E-state index < -0.39 is 10.0 Å². The van der Waals surface area contributed by atoms with Crippen LogP contribution in [0.15, 0.2) is 27.6 Å². The second kappa shape index (κ2) is 7.97. The van der Waals surface area contributed by atoms with Gasteiger partial charge in [-0.1, -0.05) is 13.8 Å². The first kappa shape index (κ1) is 17.4. The predicted octanol–water partition coefficient (Wildman–Crippen LogP) is 2.37. The van der Waals surface area contributed by atoms with Gasteiger partial charge in [0.1, 0.15) is 0 Å². The molecule has 0 fully saturated rings. The molecule has 0 unspecified atom stereocenters. The number of nitrogens with two attached hydrogens (primary N) is 1. The van der Waals surface area contributed by atoms with E-state index in [0.717, 1.165) is 6.42 Å². The Morgan fingerprint density at radius 1 is 1.35 bits per heavy atom. The van der Waals surface area contributed by atoms with Crippen molar-refractivity contribution in [2.45, 2.75) is 25.2 Å². The molecule has 5 nitrogen and oxygen atoms in total. The minimum atomic E-state index is -3.57. The average molecular weight is 365 g/mol. The first-order valence-electron chi connectivity index (χ1n) is 6.45.